The maximum absolute atomic E-state index is 6.04. The van der Waals surface area contributed by atoms with E-state index in [0.29, 0.717) is 6.61 Å². The fraction of sp³-hybridized carbons (Fsp3) is 0.333. The van der Waals surface area contributed by atoms with E-state index >= 15 is 0 Å². The Morgan fingerprint density at radius 2 is 1.75 bits per heavy atom. The van der Waals surface area contributed by atoms with Gasteiger partial charge in [0.25, 0.3) is 0 Å². The summed E-state index contributed by atoms with van der Waals surface area (Å²) in [6, 6.07) is 14.9. The van der Waals surface area contributed by atoms with E-state index in [9.17, 15) is 0 Å². The predicted molar refractivity (Wildman–Crippen MR) is 84.4 cm³/mol. The molecule has 2 aromatic carbocycles. The van der Waals surface area contributed by atoms with Crippen molar-refractivity contribution in [1.29, 1.82) is 0 Å². The second-order valence-electron chi connectivity index (χ2n) is 5.27. The van der Waals surface area contributed by atoms with Crippen LogP contribution in [0.25, 0.3) is 0 Å². The van der Waals surface area contributed by atoms with Gasteiger partial charge in [-0.15, -0.1) is 0 Å². The van der Waals surface area contributed by atoms with Crippen LogP contribution < -0.4 is 10.1 Å². The van der Waals surface area contributed by atoms with Gasteiger partial charge < -0.3 is 10.1 Å². The minimum absolute atomic E-state index is 0.205. The van der Waals surface area contributed by atoms with E-state index in [0.717, 1.165) is 5.75 Å². The zero-order valence-electron chi connectivity index (χ0n) is 12.7. The number of nitrogens with one attached hydrogen (secondary N) is 1. The van der Waals surface area contributed by atoms with Crippen molar-refractivity contribution < 1.29 is 4.74 Å². The van der Waals surface area contributed by atoms with Gasteiger partial charge in [-0.2, -0.15) is 0 Å². The van der Waals surface area contributed by atoms with Gasteiger partial charge in [0.2, 0.25) is 0 Å². The van der Waals surface area contributed by atoms with Crippen molar-refractivity contribution in [2.24, 2.45) is 0 Å². The summed E-state index contributed by atoms with van der Waals surface area (Å²) in [5.41, 5.74) is 4.99. The van der Waals surface area contributed by atoms with E-state index in [2.05, 4.69) is 62.5 Å². The van der Waals surface area contributed by atoms with E-state index in [1.54, 1.807) is 0 Å². The number of likely N-dealkylation sites (N-methyl/N-ethyl adjacent to an activating group) is 1. The lowest BCUT2D eigenvalue weighted by Crippen LogP contribution is -2.23. The second kappa shape index (κ2) is 6.58. The maximum Gasteiger partial charge on any atom is 0.122 e. The van der Waals surface area contributed by atoms with Gasteiger partial charge in [0, 0.05) is 0 Å². The quantitative estimate of drug-likeness (QED) is 0.887. The highest BCUT2D eigenvalue weighted by molar-refractivity contribution is 5.42. The fourth-order valence-corrected chi connectivity index (χ4v) is 2.36. The van der Waals surface area contributed by atoms with Crippen LogP contribution in [0.3, 0.4) is 0 Å². The first-order valence-corrected chi connectivity index (χ1v) is 7.04. The Balaban J connectivity index is 2.11. The summed E-state index contributed by atoms with van der Waals surface area (Å²) < 4.78 is 6.04. The first kappa shape index (κ1) is 14.6. The highest BCUT2D eigenvalue weighted by atomic mass is 16.5. The first-order chi connectivity index (χ1) is 9.61. The van der Waals surface area contributed by atoms with Crippen molar-refractivity contribution in [3.63, 3.8) is 0 Å². The summed E-state index contributed by atoms with van der Waals surface area (Å²) in [7, 11) is 1.97. The molecule has 0 bridgehead atoms. The molecule has 1 unspecified atom stereocenters. The second-order valence-corrected chi connectivity index (χ2v) is 5.27. The highest BCUT2D eigenvalue weighted by Gasteiger charge is 2.11. The van der Waals surface area contributed by atoms with Gasteiger partial charge in [-0.3, -0.25) is 0 Å². The molecule has 0 radical (unpaired) electrons. The Labute approximate surface area is 121 Å². The zero-order valence-corrected chi connectivity index (χ0v) is 12.7. The summed E-state index contributed by atoms with van der Waals surface area (Å²) in [4.78, 5) is 0. The number of ether oxygens (including phenoxy) is 1. The molecule has 2 rings (SSSR count). The van der Waals surface area contributed by atoms with Gasteiger partial charge in [-0.1, -0.05) is 36.4 Å². The number of hydrogen-bond acceptors (Lipinski definition) is 2. The molecule has 2 aromatic rings. The van der Waals surface area contributed by atoms with E-state index in [1.165, 1.54) is 22.3 Å². The molecular formula is C18H23NO. The SMILES string of the molecule is CNC(COc1cc(C)cc(C)c1C)c1ccccc1. The fourth-order valence-electron chi connectivity index (χ4n) is 2.36. The molecule has 0 fully saturated rings. The highest BCUT2D eigenvalue weighted by Crippen LogP contribution is 2.24. The van der Waals surface area contributed by atoms with Crippen molar-refractivity contribution in [2.75, 3.05) is 13.7 Å². The lowest BCUT2D eigenvalue weighted by Gasteiger charge is -2.19. The molecule has 0 saturated heterocycles. The van der Waals surface area contributed by atoms with Crippen molar-refractivity contribution in [2.45, 2.75) is 26.8 Å². The maximum atomic E-state index is 6.04. The Kier molecular flexibility index (Phi) is 4.80. The zero-order chi connectivity index (χ0) is 14.5. The third-order valence-electron chi connectivity index (χ3n) is 3.72. The molecule has 0 aromatic heterocycles. The Morgan fingerprint density at radius 3 is 2.40 bits per heavy atom. The molecule has 2 nitrogen and oxygen atoms in total. The van der Waals surface area contributed by atoms with Crippen LogP contribution in [0.4, 0.5) is 0 Å². The van der Waals surface area contributed by atoms with Gasteiger partial charge in [0.05, 0.1) is 6.04 Å². The van der Waals surface area contributed by atoms with Crippen molar-refractivity contribution >= 4 is 0 Å². The van der Waals surface area contributed by atoms with Crippen LogP contribution in [0.5, 0.6) is 5.75 Å². The summed E-state index contributed by atoms with van der Waals surface area (Å²) >= 11 is 0. The minimum Gasteiger partial charge on any atom is -0.491 e. The summed E-state index contributed by atoms with van der Waals surface area (Å²) in [6.07, 6.45) is 0. The average molecular weight is 269 g/mol. The number of benzene rings is 2. The van der Waals surface area contributed by atoms with Gasteiger partial charge in [-0.25, -0.2) is 0 Å². The van der Waals surface area contributed by atoms with Crippen LogP contribution in [0.2, 0.25) is 0 Å². The molecule has 0 aliphatic heterocycles. The largest absolute Gasteiger partial charge is 0.491 e. The van der Waals surface area contributed by atoms with Crippen LogP contribution in [0.15, 0.2) is 42.5 Å². The van der Waals surface area contributed by atoms with Gasteiger partial charge in [-0.05, 0) is 56.1 Å². The van der Waals surface area contributed by atoms with Gasteiger partial charge >= 0.3 is 0 Å². The topological polar surface area (TPSA) is 21.3 Å². The summed E-state index contributed by atoms with van der Waals surface area (Å²) in [6.45, 7) is 6.97. The Morgan fingerprint density at radius 1 is 1.05 bits per heavy atom. The standard InChI is InChI=1S/C18H23NO/c1-13-10-14(2)15(3)18(11-13)20-12-17(19-4)16-8-6-5-7-9-16/h5-11,17,19H,12H2,1-4H3. The number of hydrogen-bond donors (Lipinski definition) is 1. The monoisotopic (exact) mass is 269 g/mol. The molecule has 0 spiro atoms. The predicted octanol–water partition coefficient (Wildman–Crippen LogP) is 3.95. The Bertz CT molecular complexity index is 563. The first-order valence-electron chi connectivity index (χ1n) is 7.04. The van der Waals surface area contributed by atoms with Crippen molar-refractivity contribution in [3.8, 4) is 5.75 Å². The third kappa shape index (κ3) is 3.40. The van der Waals surface area contributed by atoms with Crippen molar-refractivity contribution in [3.05, 3.63) is 64.7 Å². The van der Waals surface area contributed by atoms with E-state index in [-0.39, 0.29) is 6.04 Å². The van der Waals surface area contributed by atoms with Gasteiger partial charge in [0.15, 0.2) is 0 Å². The molecule has 0 heterocycles. The van der Waals surface area contributed by atoms with Crippen molar-refractivity contribution in [1.82, 2.24) is 5.32 Å². The average Bonchev–Trinajstić information content (AvgIpc) is 2.45. The molecule has 0 aliphatic carbocycles. The molecular weight excluding hydrogens is 246 g/mol. The van der Waals surface area contributed by atoms with E-state index < -0.39 is 0 Å². The molecule has 1 N–H and O–H groups in total. The molecule has 20 heavy (non-hydrogen) atoms. The third-order valence-corrected chi connectivity index (χ3v) is 3.72. The van der Waals surface area contributed by atoms with E-state index in [4.69, 9.17) is 4.74 Å². The van der Waals surface area contributed by atoms with Crippen LogP contribution in [-0.2, 0) is 0 Å². The number of rotatable bonds is 5. The van der Waals surface area contributed by atoms with Crippen LogP contribution in [0, 0.1) is 20.8 Å². The molecule has 0 saturated carbocycles. The molecule has 0 aliphatic rings. The van der Waals surface area contributed by atoms with Crippen LogP contribution >= 0.6 is 0 Å². The molecule has 106 valence electrons. The normalized spacial score (nSPS) is 12.2. The summed E-state index contributed by atoms with van der Waals surface area (Å²) in [5, 5.41) is 3.31. The van der Waals surface area contributed by atoms with E-state index in [1.807, 2.05) is 13.1 Å². The molecule has 0 amide bonds. The van der Waals surface area contributed by atoms with Crippen LogP contribution in [0.1, 0.15) is 28.3 Å². The van der Waals surface area contributed by atoms with Gasteiger partial charge in [0.1, 0.15) is 12.4 Å². The summed E-state index contributed by atoms with van der Waals surface area (Å²) in [5.74, 6) is 0.985. The minimum atomic E-state index is 0.205. The number of aryl methyl sites for hydroxylation is 2. The Hall–Kier alpha value is -1.80. The lowest BCUT2D eigenvalue weighted by molar-refractivity contribution is 0.271. The molecule has 2 heteroatoms. The lowest BCUT2D eigenvalue weighted by atomic mass is 10.1. The smallest absolute Gasteiger partial charge is 0.122 e. The van der Waals surface area contributed by atoms with Crippen LogP contribution in [-0.4, -0.2) is 13.7 Å². The molecule has 1 atom stereocenters.